The number of nitrogens with one attached hydrogen (secondary N) is 1. The number of anilines is 2. The highest BCUT2D eigenvalue weighted by Gasteiger charge is 2.21. The number of carbonyl (C=O) groups is 1. The molecule has 8 heteroatoms. The van der Waals surface area contributed by atoms with Crippen LogP contribution < -0.4 is 14.8 Å². The fourth-order valence-corrected chi connectivity index (χ4v) is 3.16. The van der Waals surface area contributed by atoms with Gasteiger partial charge in [0.05, 0.1) is 13.2 Å². The van der Waals surface area contributed by atoms with Gasteiger partial charge in [-0.05, 0) is 12.1 Å². The minimum Gasteiger partial charge on any atom is -0.454 e. The number of amides is 1. The number of fused-ring (bicyclic) bond motifs is 1. The van der Waals surface area contributed by atoms with Crippen molar-refractivity contribution >= 4 is 28.1 Å². The first kappa shape index (κ1) is 14.3. The molecule has 4 rings (SSSR count). The number of benzene rings is 1. The molecule has 0 aliphatic carbocycles. The Morgan fingerprint density at radius 2 is 2.04 bits per heavy atom. The molecule has 0 spiro atoms. The van der Waals surface area contributed by atoms with E-state index in [-0.39, 0.29) is 12.7 Å². The van der Waals surface area contributed by atoms with Crippen LogP contribution in [-0.2, 0) is 4.74 Å². The lowest BCUT2D eigenvalue weighted by atomic mass is 10.3. The number of carbonyl (C=O) groups excluding carboxylic acids is 1. The highest BCUT2D eigenvalue weighted by atomic mass is 32.1. The van der Waals surface area contributed by atoms with Gasteiger partial charge in [-0.1, -0.05) is 0 Å². The van der Waals surface area contributed by atoms with E-state index in [1.807, 2.05) is 18.2 Å². The Morgan fingerprint density at radius 1 is 1.22 bits per heavy atom. The number of aromatic nitrogens is 1. The third-order valence-corrected chi connectivity index (χ3v) is 4.40. The molecule has 120 valence electrons. The number of thiazole rings is 1. The normalized spacial score (nSPS) is 16.4. The van der Waals surface area contributed by atoms with Crippen molar-refractivity contribution in [2.24, 2.45) is 0 Å². The molecule has 0 saturated carbocycles. The molecule has 0 radical (unpaired) electrons. The largest absolute Gasteiger partial charge is 0.454 e. The molecule has 3 heterocycles. The van der Waals surface area contributed by atoms with Crippen LogP contribution in [0, 0.1) is 0 Å². The Bertz CT molecular complexity index is 727. The van der Waals surface area contributed by atoms with E-state index in [4.69, 9.17) is 14.2 Å². The molecule has 7 nitrogen and oxygen atoms in total. The molecule has 2 aliphatic rings. The van der Waals surface area contributed by atoms with Gasteiger partial charge in [0.15, 0.2) is 16.6 Å². The van der Waals surface area contributed by atoms with Gasteiger partial charge in [-0.15, -0.1) is 11.3 Å². The van der Waals surface area contributed by atoms with Crippen molar-refractivity contribution in [2.75, 3.05) is 38.4 Å². The minimum absolute atomic E-state index is 0.0525. The van der Waals surface area contributed by atoms with Crippen molar-refractivity contribution in [1.82, 2.24) is 9.88 Å². The van der Waals surface area contributed by atoms with E-state index >= 15 is 0 Å². The zero-order chi connectivity index (χ0) is 15.6. The predicted molar refractivity (Wildman–Crippen MR) is 84.7 cm³/mol. The maximum Gasteiger partial charge on any atom is 0.273 e. The molecule has 1 aromatic carbocycles. The molecular weight excluding hydrogens is 318 g/mol. The van der Waals surface area contributed by atoms with Gasteiger partial charge in [-0.25, -0.2) is 4.98 Å². The second-order valence-corrected chi connectivity index (χ2v) is 5.99. The van der Waals surface area contributed by atoms with E-state index in [1.165, 1.54) is 11.3 Å². The van der Waals surface area contributed by atoms with E-state index in [1.54, 1.807) is 10.3 Å². The van der Waals surface area contributed by atoms with Gasteiger partial charge in [0.2, 0.25) is 6.79 Å². The lowest BCUT2D eigenvalue weighted by Gasteiger charge is -2.25. The summed E-state index contributed by atoms with van der Waals surface area (Å²) < 4.78 is 15.9. The summed E-state index contributed by atoms with van der Waals surface area (Å²) in [6, 6.07) is 5.59. The van der Waals surface area contributed by atoms with Crippen LogP contribution in [0.5, 0.6) is 11.5 Å². The van der Waals surface area contributed by atoms with Crippen LogP contribution in [0.25, 0.3) is 0 Å². The third kappa shape index (κ3) is 2.95. The summed E-state index contributed by atoms with van der Waals surface area (Å²) in [5, 5.41) is 5.63. The van der Waals surface area contributed by atoms with Crippen molar-refractivity contribution in [3.8, 4) is 11.5 Å². The molecule has 0 bridgehead atoms. The zero-order valence-electron chi connectivity index (χ0n) is 12.3. The third-order valence-electron chi connectivity index (χ3n) is 3.65. The van der Waals surface area contributed by atoms with Crippen molar-refractivity contribution in [1.29, 1.82) is 0 Å². The molecule has 1 saturated heterocycles. The highest BCUT2D eigenvalue weighted by molar-refractivity contribution is 7.14. The Hall–Kier alpha value is -2.32. The summed E-state index contributed by atoms with van der Waals surface area (Å²) in [6.45, 7) is 2.63. The van der Waals surface area contributed by atoms with Crippen LogP contribution in [0.2, 0.25) is 0 Å². The van der Waals surface area contributed by atoms with Crippen molar-refractivity contribution in [2.45, 2.75) is 0 Å². The zero-order valence-corrected chi connectivity index (χ0v) is 13.1. The quantitative estimate of drug-likeness (QED) is 0.927. The predicted octanol–water partition coefficient (Wildman–Crippen LogP) is 2.09. The maximum absolute atomic E-state index is 12.4. The fourth-order valence-electron chi connectivity index (χ4n) is 2.46. The van der Waals surface area contributed by atoms with Crippen LogP contribution in [0.4, 0.5) is 10.8 Å². The first-order valence-electron chi connectivity index (χ1n) is 7.29. The van der Waals surface area contributed by atoms with Crippen LogP contribution >= 0.6 is 11.3 Å². The number of morpholine rings is 1. The first-order valence-corrected chi connectivity index (χ1v) is 8.17. The van der Waals surface area contributed by atoms with Gasteiger partial charge in [0, 0.05) is 30.2 Å². The summed E-state index contributed by atoms with van der Waals surface area (Å²) in [5.74, 6) is 1.39. The molecule has 1 N–H and O–H groups in total. The molecule has 2 aromatic rings. The number of rotatable bonds is 3. The van der Waals surface area contributed by atoms with Crippen molar-refractivity contribution in [3.63, 3.8) is 0 Å². The molecular formula is C15H15N3O4S. The SMILES string of the molecule is O=C(c1csc(Nc2ccc3c(c2)OCO3)n1)N1CCOCC1. The van der Waals surface area contributed by atoms with E-state index in [0.29, 0.717) is 42.9 Å². The lowest BCUT2D eigenvalue weighted by Crippen LogP contribution is -2.40. The Labute approximate surface area is 136 Å². The summed E-state index contributed by atoms with van der Waals surface area (Å²) >= 11 is 1.40. The molecule has 2 aliphatic heterocycles. The molecule has 1 fully saturated rings. The molecule has 1 aromatic heterocycles. The second-order valence-electron chi connectivity index (χ2n) is 5.14. The van der Waals surface area contributed by atoms with Gasteiger partial charge in [0.1, 0.15) is 5.69 Å². The topological polar surface area (TPSA) is 72.9 Å². The summed E-state index contributed by atoms with van der Waals surface area (Å²) in [5.41, 5.74) is 1.30. The number of nitrogens with zero attached hydrogens (tertiary/aromatic N) is 2. The smallest absolute Gasteiger partial charge is 0.273 e. The highest BCUT2D eigenvalue weighted by Crippen LogP contribution is 2.35. The molecule has 0 unspecified atom stereocenters. The molecule has 23 heavy (non-hydrogen) atoms. The Balaban J connectivity index is 1.46. The van der Waals surface area contributed by atoms with Gasteiger partial charge < -0.3 is 24.4 Å². The Kier molecular flexibility index (Phi) is 3.76. The number of hydrogen-bond acceptors (Lipinski definition) is 7. The van der Waals surface area contributed by atoms with Gasteiger partial charge in [-0.3, -0.25) is 4.79 Å². The lowest BCUT2D eigenvalue weighted by molar-refractivity contribution is 0.0299. The first-order chi connectivity index (χ1) is 11.3. The monoisotopic (exact) mass is 333 g/mol. The van der Waals surface area contributed by atoms with Crippen LogP contribution in [0.15, 0.2) is 23.6 Å². The van der Waals surface area contributed by atoms with E-state index in [0.717, 1.165) is 11.4 Å². The van der Waals surface area contributed by atoms with Gasteiger partial charge in [-0.2, -0.15) is 0 Å². The Morgan fingerprint density at radius 3 is 2.91 bits per heavy atom. The molecule has 0 atom stereocenters. The van der Waals surface area contributed by atoms with Crippen LogP contribution in [-0.4, -0.2) is 48.9 Å². The summed E-state index contributed by atoms with van der Waals surface area (Å²) in [6.07, 6.45) is 0. The van der Waals surface area contributed by atoms with Crippen LogP contribution in [0.1, 0.15) is 10.5 Å². The molecule has 1 amide bonds. The second kappa shape index (κ2) is 6.05. The number of hydrogen-bond donors (Lipinski definition) is 1. The van der Waals surface area contributed by atoms with Crippen LogP contribution in [0.3, 0.4) is 0 Å². The van der Waals surface area contributed by atoms with Crippen molar-refractivity contribution < 1.29 is 19.0 Å². The summed E-state index contributed by atoms with van der Waals surface area (Å²) in [4.78, 5) is 18.5. The minimum atomic E-state index is -0.0525. The van der Waals surface area contributed by atoms with E-state index in [9.17, 15) is 4.79 Å². The summed E-state index contributed by atoms with van der Waals surface area (Å²) in [7, 11) is 0. The van der Waals surface area contributed by atoms with Crippen molar-refractivity contribution in [3.05, 3.63) is 29.3 Å². The maximum atomic E-state index is 12.4. The van der Waals surface area contributed by atoms with Gasteiger partial charge in [0.25, 0.3) is 5.91 Å². The van der Waals surface area contributed by atoms with Gasteiger partial charge >= 0.3 is 0 Å². The standard InChI is InChI=1S/C15H15N3O4S/c19-14(18-3-5-20-6-4-18)11-8-23-15(17-11)16-10-1-2-12-13(7-10)22-9-21-12/h1-2,7-8H,3-6,9H2,(H,16,17). The fraction of sp³-hybridized carbons (Fsp3) is 0.333. The van der Waals surface area contributed by atoms with E-state index < -0.39 is 0 Å². The average molecular weight is 333 g/mol. The average Bonchev–Trinajstić information content (AvgIpc) is 3.24. The number of ether oxygens (including phenoxy) is 3. The van der Waals surface area contributed by atoms with E-state index in [2.05, 4.69) is 10.3 Å².